The number of Topliss-reactive ketones (excluding diaryl/α,β-unsaturated/α-hetero) is 1. The summed E-state index contributed by atoms with van der Waals surface area (Å²) in [5.74, 6) is 0.213. The Bertz CT molecular complexity index is 767. The van der Waals surface area contributed by atoms with Crippen LogP contribution < -0.4 is 0 Å². The molecule has 0 aliphatic heterocycles. The van der Waals surface area contributed by atoms with E-state index in [1.54, 1.807) is 54.9 Å². The molecule has 0 aliphatic rings. The molecule has 1 heterocycles. The van der Waals surface area contributed by atoms with Crippen LogP contribution in [0.5, 0.6) is 5.75 Å². The fraction of sp³-hybridized carbons (Fsp3) is 0.0625. The molecule has 1 aromatic heterocycles. The largest absolute Gasteiger partial charge is 0.508 e. The average Bonchev–Trinajstić information content (AvgIpc) is 2.49. The van der Waals surface area contributed by atoms with E-state index >= 15 is 0 Å². The summed E-state index contributed by atoms with van der Waals surface area (Å²) in [6, 6.07) is 12.0. The average molecular weight is 264 g/mol. The van der Waals surface area contributed by atoms with Crippen molar-refractivity contribution in [2.24, 2.45) is 0 Å². The van der Waals surface area contributed by atoms with E-state index in [0.29, 0.717) is 17.5 Å². The second-order valence-corrected chi connectivity index (χ2v) is 4.53. The Labute approximate surface area is 115 Å². The summed E-state index contributed by atoms with van der Waals surface area (Å²) < 4.78 is 0. The van der Waals surface area contributed by atoms with Crippen molar-refractivity contribution in [1.29, 1.82) is 0 Å². The van der Waals surface area contributed by atoms with Crippen LogP contribution in [0.15, 0.2) is 54.9 Å². The highest BCUT2D eigenvalue weighted by Gasteiger charge is 2.08. The zero-order chi connectivity index (χ0) is 13.9. The van der Waals surface area contributed by atoms with Gasteiger partial charge in [-0.3, -0.25) is 14.8 Å². The molecule has 4 nitrogen and oxygen atoms in total. The summed E-state index contributed by atoms with van der Waals surface area (Å²) in [5.41, 5.74) is 2.97. The molecule has 98 valence electrons. The van der Waals surface area contributed by atoms with E-state index in [4.69, 9.17) is 0 Å². The van der Waals surface area contributed by atoms with Gasteiger partial charge >= 0.3 is 0 Å². The molecule has 0 spiro atoms. The van der Waals surface area contributed by atoms with Gasteiger partial charge in [-0.25, -0.2) is 0 Å². The zero-order valence-electron chi connectivity index (χ0n) is 10.7. The molecule has 0 radical (unpaired) electrons. The molecule has 3 aromatic rings. The number of phenolic OH excluding ortho intramolecular Hbond substituents is 1. The van der Waals surface area contributed by atoms with Crippen molar-refractivity contribution < 1.29 is 9.90 Å². The van der Waals surface area contributed by atoms with E-state index in [2.05, 4.69) is 9.97 Å². The minimum Gasteiger partial charge on any atom is -0.508 e. The first-order valence-electron chi connectivity index (χ1n) is 6.24. The van der Waals surface area contributed by atoms with Crippen LogP contribution in [-0.4, -0.2) is 20.9 Å². The van der Waals surface area contributed by atoms with Gasteiger partial charge in [0.15, 0.2) is 5.78 Å². The molecule has 2 aromatic carbocycles. The Morgan fingerprint density at radius 1 is 0.950 bits per heavy atom. The van der Waals surface area contributed by atoms with Gasteiger partial charge in [0.05, 0.1) is 11.0 Å². The van der Waals surface area contributed by atoms with Crippen molar-refractivity contribution in [3.63, 3.8) is 0 Å². The molecule has 0 atom stereocenters. The van der Waals surface area contributed by atoms with E-state index in [1.165, 1.54) is 0 Å². The Morgan fingerprint density at radius 3 is 2.40 bits per heavy atom. The lowest BCUT2D eigenvalue weighted by atomic mass is 10.0. The molecule has 20 heavy (non-hydrogen) atoms. The molecule has 0 bridgehead atoms. The van der Waals surface area contributed by atoms with Gasteiger partial charge in [-0.05, 0) is 35.9 Å². The summed E-state index contributed by atoms with van der Waals surface area (Å²) in [6.45, 7) is 0. The molecule has 4 heteroatoms. The van der Waals surface area contributed by atoms with Crippen LogP contribution in [0.1, 0.15) is 15.9 Å². The second-order valence-electron chi connectivity index (χ2n) is 4.53. The van der Waals surface area contributed by atoms with Crippen molar-refractivity contribution in [3.05, 3.63) is 66.0 Å². The highest BCUT2D eigenvalue weighted by atomic mass is 16.3. The van der Waals surface area contributed by atoms with Gasteiger partial charge in [0.1, 0.15) is 5.75 Å². The highest BCUT2D eigenvalue weighted by Crippen LogP contribution is 2.15. The van der Waals surface area contributed by atoms with Crippen molar-refractivity contribution in [2.75, 3.05) is 0 Å². The number of fused-ring (bicyclic) bond motifs is 1. The van der Waals surface area contributed by atoms with Crippen molar-refractivity contribution in [3.8, 4) is 5.75 Å². The van der Waals surface area contributed by atoms with E-state index in [-0.39, 0.29) is 11.5 Å². The molecule has 3 rings (SSSR count). The molecule has 0 saturated heterocycles. The quantitative estimate of drug-likeness (QED) is 0.739. The number of hydrogen-bond acceptors (Lipinski definition) is 4. The Hall–Kier alpha value is -2.75. The fourth-order valence-corrected chi connectivity index (χ4v) is 2.04. The minimum absolute atomic E-state index is 0.0169. The number of carbonyl (C=O) groups excluding carboxylic acids is 1. The lowest BCUT2D eigenvalue weighted by Gasteiger charge is -2.03. The van der Waals surface area contributed by atoms with Crippen LogP contribution in [0.3, 0.4) is 0 Å². The van der Waals surface area contributed by atoms with Gasteiger partial charge < -0.3 is 5.11 Å². The predicted octanol–water partition coefficient (Wildman–Crippen LogP) is 2.76. The number of nitrogens with zero attached hydrogens (tertiary/aromatic N) is 2. The Kier molecular flexibility index (Phi) is 3.13. The second kappa shape index (κ2) is 5.09. The zero-order valence-corrected chi connectivity index (χ0v) is 10.7. The first-order valence-corrected chi connectivity index (χ1v) is 6.24. The maximum absolute atomic E-state index is 12.2. The Morgan fingerprint density at radius 2 is 1.65 bits per heavy atom. The predicted molar refractivity (Wildman–Crippen MR) is 75.7 cm³/mol. The number of rotatable bonds is 3. The molecule has 1 N–H and O–H groups in total. The normalized spacial score (nSPS) is 10.6. The summed E-state index contributed by atoms with van der Waals surface area (Å²) in [4.78, 5) is 20.6. The van der Waals surface area contributed by atoms with Crippen LogP contribution in [0.2, 0.25) is 0 Å². The number of ketones is 1. The fourth-order valence-electron chi connectivity index (χ4n) is 2.04. The summed E-state index contributed by atoms with van der Waals surface area (Å²) in [5, 5.41) is 9.23. The molecule has 0 saturated carbocycles. The summed E-state index contributed by atoms with van der Waals surface area (Å²) >= 11 is 0. The first kappa shape index (κ1) is 12.3. The van der Waals surface area contributed by atoms with Crippen LogP contribution in [0.25, 0.3) is 11.0 Å². The SMILES string of the molecule is O=C(Cc1ccc(O)cc1)c1ccc2nccnc2c1. The van der Waals surface area contributed by atoms with Crippen molar-refractivity contribution in [2.45, 2.75) is 6.42 Å². The van der Waals surface area contributed by atoms with Crippen LogP contribution in [-0.2, 0) is 6.42 Å². The number of aromatic hydroxyl groups is 1. The van der Waals surface area contributed by atoms with E-state index < -0.39 is 0 Å². The lowest BCUT2D eigenvalue weighted by Crippen LogP contribution is -2.03. The van der Waals surface area contributed by atoms with Crippen LogP contribution >= 0.6 is 0 Å². The first-order chi connectivity index (χ1) is 9.72. The van der Waals surface area contributed by atoms with Crippen LogP contribution in [0.4, 0.5) is 0 Å². The number of benzene rings is 2. The summed E-state index contributed by atoms with van der Waals surface area (Å²) in [7, 11) is 0. The number of phenols is 1. The monoisotopic (exact) mass is 264 g/mol. The molecule has 0 aliphatic carbocycles. The minimum atomic E-state index is 0.0169. The van der Waals surface area contributed by atoms with Crippen LogP contribution in [0, 0.1) is 0 Å². The highest BCUT2D eigenvalue weighted by molar-refractivity contribution is 5.99. The number of hydrogen-bond donors (Lipinski definition) is 1. The van der Waals surface area contributed by atoms with Crippen molar-refractivity contribution >= 4 is 16.8 Å². The number of aromatic nitrogens is 2. The van der Waals surface area contributed by atoms with Crippen molar-refractivity contribution in [1.82, 2.24) is 9.97 Å². The third-order valence-corrected chi connectivity index (χ3v) is 3.09. The number of carbonyl (C=O) groups is 1. The molecule has 0 fully saturated rings. The Balaban J connectivity index is 1.86. The topological polar surface area (TPSA) is 63.1 Å². The van der Waals surface area contributed by atoms with Gasteiger partial charge in [0.25, 0.3) is 0 Å². The van der Waals surface area contributed by atoms with Gasteiger partial charge in [-0.2, -0.15) is 0 Å². The van der Waals surface area contributed by atoms with Gasteiger partial charge in [-0.15, -0.1) is 0 Å². The third kappa shape index (κ3) is 2.49. The van der Waals surface area contributed by atoms with Gasteiger partial charge in [0.2, 0.25) is 0 Å². The molecule has 0 unspecified atom stereocenters. The van der Waals surface area contributed by atoms with Gasteiger partial charge in [-0.1, -0.05) is 12.1 Å². The van der Waals surface area contributed by atoms with E-state index in [0.717, 1.165) is 11.1 Å². The maximum Gasteiger partial charge on any atom is 0.167 e. The molecular weight excluding hydrogens is 252 g/mol. The van der Waals surface area contributed by atoms with E-state index in [1.807, 2.05) is 0 Å². The molecular formula is C16H12N2O2. The summed E-state index contributed by atoms with van der Waals surface area (Å²) in [6.07, 6.45) is 3.53. The van der Waals surface area contributed by atoms with E-state index in [9.17, 15) is 9.90 Å². The van der Waals surface area contributed by atoms with Gasteiger partial charge in [0, 0.05) is 24.4 Å². The smallest absolute Gasteiger partial charge is 0.167 e. The standard InChI is InChI=1S/C16H12N2O2/c19-13-4-1-11(2-5-13)9-16(20)12-3-6-14-15(10-12)18-8-7-17-14/h1-8,10,19H,9H2. The maximum atomic E-state index is 12.2. The lowest BCUT2D eigenvalue weighted by molar-refractivity contribution is 0.0993. The molecule has 0 amide bonds. The third-order valence-electron chi connectivity index (χ3n) is 3.09.